The minimum Gasteiger partial charge on any atom is -0.340 e. The number of pyridine rings is 1. The van der Waals surface area contributed by atoms with E-state index in [1.807, 2.05) is 23.1 Å². The van der Waals surface area contributed by atoms with E-state index in [0.29, 0.717) is 13.0 Å². The van der Waals surface area contributed by atoms with E-state index >= 15 is 0 Å². The van der Waals surface area contributed by atoms with Gasteiger partial charge < -0.3 is 9.80 Å². The van der Waals surface area contributed by atoms with Gasteiger partial charge in [-0.2, -0.15) is 0 Å². The van der Waals surface area contributed by atoms with Crippen molar-refractivity contribution < 1.29 is 4.79 Å². The van der Waals surface area contributed by atoms with Gasteiger partial charge in [-0.15, -0.1) is 0 Å². The van der Waals surface area contributed by atoms with Crippen LogP contribution in [0, 0.1) is 5.41 Å². The van der Waals surface area contributed by atoms with Crippen molar-refractivity contribution in [2.75, 3.05) is 24.5 Å². The normalized spacial score (nSPS) is 23.9. The van der Waals surface area contributed by atoms with Crippen molar-refractivity contribution in [2.24, 2.45) is 5.41 Å². The van der Waals surface area contributed by atoms with Crippen LogP contribution in [0.5, 0.6) is 0 Å². The fraction of sp³-hybridized carbons (Fsp3) is 0.474. The molecule has 0 aliphatic carbocycles. The number of carbonyl (C=O) groups is 1. The molecule has 2 aliphatic rings. The van der Waals surface area contributed by atoms with Crippen LogP contribution >= 0.6 is 0 Å². The monoisotopic (exact) mass is 337 g/mol. The topological polar surface area (TPSA) is 62.2 Å². The van der Waals surface area contributed by atoms with Gasteiger partial charge >= 0.3 is 0 Å². The van der Waals surface area contributed by atoms with Gasteiger partial charge in [0.05, 0.1) is 0 Å². The molecule has 1 amide bonds. The summed E-state index contributed by atoms with van der Waals surface area (Å²) >= 11 is 0. The molecule has 2 saturated heterocycles. The second-order valence-corrected chi connectivity index (χ2v) is 7.18. The maximum atomic E-state index is 12.4. The lowest BCUT2D eigenvalue weighted by Crippen LogP contribution is -2.54. The van der Waals surface area contributed by atoms with E-state index in [0.717, 1.165) is 50.4 Å². The van der Waals surface area contributed by atoms with Crippen LogP contribution in [0.3, 0.4) is 0 Å². The Morgan fingerprint density at radius 1 is 1.04 bits per heavy atom. The van der Waals surface area contributed by atoms with Crippen LogP contribution in [0.25, 0.3) is 0 Å². The summed E-state index contributed by atoms with van der Waals surface area (Å²) in [6.07, 6.45) is 11.0. The lowest BCUT2D eigenvalue weighted by atomic mass is 9.73. The Morgan fingerprint density at radius 2 is 1.84 bits per heavy atom. The summed E-state index contributed by atoms with van der Waals surface area (Å²) in [6.45, 7) is 3.41. The summed E-state index contributed by atoms with van der Waals surface area (Å²) < 4.78 is 0. The third-order valence-electron chi connectivity index (χ3n) is 5.37. The molecule has 2 aromatic rings. The molecule has 6 heteroatoms. The van der Waals surface area contributed by atoms with Gasteiger partial charge in [0.1, 0.15) is 0 Å². The summed E-state index contributed by atoms with van der Waals surface area (Å²) in [5.74, 6) is 1.06. The molecule has 6 nitrogen and oxygen atoms in total. The highest BCUT2D eigenvalue weighted by Gasteiger charge is 2.42. The average molecular weight is 337 g/mol. The number of rotatable bonds is 3. The number of carbonyl (C=O) groups excluding carboxylic acids is 1. The number of amides is 1. The fourth-order valence-corrected chi connectivity index (χ4v) is 4.12. The van der Waals surface area contributed by atoms with Gasteiger partial charge in [-0.3, -0.25) is 9.78 Å². The number of anilines is 1. The predicted molar refractivity (Wildman–Crippen MR) is 94.8 cm³/mol. The first-order chi connectivity index (χ1) is 12.2. The molecule has 4 heterocycles. The highest BCUT2D eigenvalue weighted by atomic mass is 16.2. The molecule has 0 radical (unpaired) electrons. The first-order valence-electron chi connectivity index (χ1n) is 8.93. The Balaban J connectivity index is 1.50. The van der Waals surface area contributed by atoms with Crippen LogP contribution in [0.15, 0.2) is 43.0 Å². The second kappa shape index (κ2) is 6.78. The van der Waals surface area contributed by atoms with Crippen molar-refractivity contribution in [3.05, 3.63) is 48.5 Å². The molecule has 0 saturated carbocycles. The molecule has 130 valence electrons. The van der Waals surface area contributed by atoms with E-state index < -0.39 is 0 Å². The van der Waals surface area contributed by atoms with Gasteiger partial charge in [0.15, 0.2) is 0 Å². The van der Waals surface area contributed by atoms with Crippen LogP contribution in [-0.2, 0) is 11.3 Å². The molecule has 1 atom stereocenters. The maximum Gasteiger partial charge on any atom is 0.225 e. The number of likely N-dealkylation sites (tertiary alicyclic amines) is 1. The highest BCUT2D eigenvalue weighted by molar-refractivity contribution is 5.77. The van der Waals surface area contributed by atoms with E-state index in [-0.39, 0.29) is 11.3 Å². The van der Waals surface area contributed by atoms with E-state index in [9.17, 15) is 4.79 Å². The highest BCUT2D eigenvalue weighted by Crippen LogP contribution is 2.39. The quantitative estimate of drug-likeness (QED) is 0.860. The van der Waals surface area contributed by atoms with E-state index in [4.69, 9.17) is 0 Å². The molecule has 0 N–H and O–H groups in total. The molecule has 1 spiro atoms. The Morgan fingerprint density at radius 3 is 2.64 bits per heavy atom. The van der Waals surface area contributed by atoms with Crippen molar-refractivity contribution >= 4 is 11.9 Å². The minimum absolute atomic E-state index is 0.151. The first kappa shape index (κ1) is 16.0. The van der Waals surface area contributed by atoms with Gasteiger partial charge in [0.25, 0.3) is 0 Å². The summed E-state index contributed by atoms with van der Waals surface area (Å²) in [5, 5.41) is 0. The Kier molecular flexibility index (Phi) is 4.34. The van der Waals surface area contributed by atoms with Crippen molar-refractivity contribution in [3.8, 4) is 0 Å². The SMILES string of the molecule is O=C1CC[C@]2(CCCN(c3ncccn3)C2)CN1Cc1ccncc1. The molecule has 4 rings (SSSR count). The number of hydrogen-bond donors (Lipinski definition) is 0. The van der Waals surface area contributed by atoms with Gasteiger partial charge in [-0.05, 0) is 43.0 Å². The number of hydrogen-bond acceptors (Lipinski definition) is 5. The lowest BCUT2D eigenvalue weighted by molar-refractivity contribution is -0.138. The Hall–Kier alpha value is -2.50. The van der Waals surface area contributed by atoms with Crippen molar-refractivity contribution in [3.63, 3.8) is 0 Å². The molecule has 2 fully saturated rings. The van der Waals surface area contributed by atoms with Gasteiger partial charge in [-0.25, -0.2) is 9.97 Å². The van der Waals surface area contributed by atoms with Gasteiger partial charge in [0.2, 0.25) is 11.9 Å². The molecule has 2 aromatic heterocycles. The summed E-state index contributed by atoms with van der Waals surface area (Å²) in [5.41, 5.74) is 1.29. The van der Waals surface area contributed by atoms with Crippen LogP contribution in [0.1, 0.15) is 31.2 Å². The Labute approximate surface area is 147 Å². The first-order valence-corrected chi connectivity index (χ1v) is 8.93. The number of nitrogens with zero attached hydrogens (tertiary/aromatic N) is 5. The largest absolute Gasteiger partial charge is 0.340 e. The minimum atomic E-state index is 0.151. The lowest BCUT2D eigenvalue weighted by Gasteiger charge is -2.48. The number of piperidine rings is 2. The van der Waals surface area contributed by atoms with Crippen LogP contribution in [-0.4, -0.2) is 45.4 Å². The molecule has 0 unspecified atom stereocenters. The third kappa shape index (κ3) is 3.48. The smallest absolute Gasteiger partial charge is 0.225 e. The van der Waals surface area contributed by atoms with E-state index in [2.05, 4.69) is 19.9 Å². The molecule has 2 aliphatic heterocycles. The van der Waals surface area contributed by atoms with E-state index in [1.165, 1.54) is 0 Å². The summed E-state index contributed by atoms with van der Waals surface area (Å²) in [6, 6.07) is 5.82. The maximum absolute atomic E-state index is 12.4. The molecular weight excluding hydrogens is 314 g/mol. The summed E-state index contributed by atoms with van der Waals surface area (Å²) in [7, 11) is 0. The fourth-order valence-electron chi connectivity index (χ4n) is 4.12. The molecule has 25 heavy (non-hydrogen) atoms. The van der Waals surface area contributed by atoms with Crippen LogP contribution in [0.4, 0.5) is 5.95 Å². The zero-order valence-corrected chi connectivity index (χ0v) is 14.3. The standard InChI is InChI=1S/C19H23N5O/c25-17-3-7-19(15-24(17)13-16-4-10-20-11-5-16)6-1-12-23(14-19)18-21-8-2-9-22-18/h2,4-5,8-11H,1,3,6-7,12-15H2/t19-/m0/s1. The van der Waals surface area contributed by atoms with Crippen molar-refractivity contribution in [1.82, 2.24) is 19.9 Å². The van der Waals surface area contributed by atoms with Crippen molar-refractivity contribution in [2.45, 2.75) is 32.2 Å². The van der Waals surface area contributed by atoms with Crippen molar-refractivity contribution in [1.29, 1.82) is 0 Å². The molecule has 0 bridgehead atoms. The molecular formula is C19H23N5O. The Bertz CT molecular complexity index is 723. The summed E-state index contributed by atoms with van der Waals surface area (Å²) in [4.78, 5) is 29.6. The second-order valence-electron chi connectivity index (χ2n) is 7.18. The van der Waals surface area contributed by atoms with Gasteiger partial charge in [0, 0.05) is 62.8 Å². The number of aromatic nitrogens is 3. The zero-order valence-electron chi connectivity index (χ0n) is 14.3. The van der Waals surface area contributed by atoms with Gasteiger partial charge in [-0.1, -0.05) is 0 Å². The average Bonchev–Trinajstić information content (AvgIpc) is 2.67. The van der Waals surface area contributed by atoms with E-state index in [1.54, 1.807) is 24.8 Å². The third-order valence-corrected chi connectivity index (χ3v) is 5.37. The predicted octanol–water partition coefficient (Wildman–Crippen LogP) is 2.28. The van der Waals surface area contributed by atoms with Crippen LogP contribution in [0.2, 0.25) is 0 Å². The van der Waals surface area contributed by atoms with Crippen LogP contribution < -0.4 is 4.90 Å². The molecule has 0 aromatic carbocycles. The zero-order chi connectivity index (χ0) is 17.1.